The van der Waals surface area contributed by atoms with Crippen molar-refractivity contribution in [3.8, 4) is 0 Å². The van der Waals surface area contributed by atoms with Crippen molar-refractivity contribution < 1.29 is 32.7 Å². The number of carbonyl (C=O) groups excluding carboxylic acids is 2. The number of imide groups is 1. The third kappa shape index (κ3) is 3.20. The van der Waals surface area contributed by atoms with Gasteiger partial charge in [0.25, 0.3) is 5.91 Å². The van der Waals surface area contributed by atoms with Crippen molar-refractivity contribution in [1.82, 2.24) is 10.2 Å². The number of nitrogens with one attached hydrogen (secondary N) is 1. The van der Waals surface area contributed by atoms with Crippen LogP contribution >= 0.6 is 0 Å². The molecule has 3 amide bonds. The molecule has 1 unspecified atom stereocenters. The zero-order valence-corrected chi connectivity index (χ0v) is 10.8. The van der Waals surface area contributed by atoms with Crippen molar-refractivity contribution in [3.63, 3.8) is 0 Å². The van der Waals surface area contributed by atoms with Crippen molar-refractivity contribution in [1.29, 1.82) is 0 Å². The minimum absolute atomic E-state index is 0.0551. The van der Waals surface area contributed by atoms with E-state index in [4.69, 9.17) is 5.11 Å². The Hall–Kier alpha value is -1.80. The maximum atomic E-state index is 12.7. The topological polar surface area (TPSA) is 86.7 Å². The molecule has 1 rings (SSSR count). The van der Waals surface area contributed by atoms with E-state index in [0.29, 0.717) is 24.7 Å². The molecule has 114 valence electrons. The molecule has 1 heterocycles. The summed E-state index contributed by atoms with van der Waals surface area (Å²) in [6.07, 6.45) is -3.90. The van der Waals surface area contributed by atoms with Crippen LogP contribution in [0.3, 0.4) is 0 Å². The Bertz CT molecular complexity index is 424. The van der Waals surface area contributed by atoms with Crippen molar-refractivity contribution in [3.05, 3.63) is 0 Å². The van der Waals surface area contributed by atoms with Gasteiger partial charge in [0.05, 0.1) is 0 Å². The van der Waals surface area contributed by atoms with Gasteiger partial charge < -0.3 is 10.4 Å². The highest BCUT2D eigenvalue weighted by atomic mass is 19.4. The second-order valence-electron chi connectivity index (χ2n) is 4.71. The summed E-state index contributed by atoms with van der Waals surface area (Å²) in [5, 5.41) is 10.1. The number of urea groups is 1. The Morgan fingerprint density at radius 1 is 1.30 bits per heavy atom. The fourth-order valence-corrected chi connectivity index (χ4v) is 1.82. The van der Waals surface area contributed by atoms with Gasteiger partial charge in [0.15, 0.2) is 0 Å². The minimum Gasteiger partial charge on any atom is -0.481 e. The Labute approximate surface area is 112 Å². The molecule has 20 heavy (non-hydrogen) atoms. The number of nitrogens with zero attached hydrogens (tertiary/aromatic N) is 1. The highest BCUT2D eigenvalue weighted by Crippen LogP contribution is 2.35. The van der Waals surface area contributed by atoms with Crippen LogP contribution in [0.4, 0.5) is 18.0 Å². The van der Waals surface area contributed by atoms with E-state index in [0.717, 1.165) is 0 Å². The van der Waals surface area contributed by atoms with E-state index in [1.54, 1.807) is 5.32 Å². The lowest BCUT2D eigenvalue weighted by molar-refractivity contribution is -0.191. The first-order valence-corrected chi connectivity index (χ1v) is 6.02. The van der Waals surface area contributed by atoms with Gasteiger partial charge in [-0.25, -0.2) is 4.79 Å². The molecule has 1 saturated heterocycles. The summed E-state index contributed by atoms with van der Waals surface area (Å²) >= 11 is 0. The third-order valence-electron chi connectivity index (χ3n) is 3.11. The highest BCUT2D eigenvalue weighted by Gasteiger charge is 2.64. The molecule has 1 aliphatic heterocycles. The molecular weight excluding hydrogens is 281 g/mol. The molecule has 1 aliphatic rings. The Balaban J connectivity index is 2.54. The number of halogens is 3. The van der Waals surface area contributed by atoms with Gasteiger partial charge in [-0.2, -0.15) is 13.2 Å². The number of alkyl halides is 3. The molecule has 0 saturated carbocycles. The first-order chi connectivity index (χ1) is 9.09. The summed E-state index contributed by atoms with van der Waals surface area (Å²) in [6.45, 7) is 0.466. The molecule has 1 atom stereocenters. The molecule has 0 aromatic heterocycles. The average Bonchev–Trinajstić information content (AvgIpc) is 2.51. The maximum Gasteiger partial charge on any atom is 0.420 e. The summed E-state index contributed by atoms with van der Waals surface area (Å²) in [5.41, 5.74) is -2.88. The smallest absolute Gasteiger partial charge is 0.420 e. The molecule has 0 aliphatic carbocycles. The molecule has 0 spiro atoms. The van der Waals surface area contributed by atoms with Gasteiger partial charge in [-0.05, 0) is 19.8 Å². The Morgan fingerprint density at radius 2 is 1.90 bits per heavy atom. The van der Waals surface area contributed by atoms with Crippen molar-refractivity contribution in [2.45, 2.75) is 44.3 Å². The monoisotopic (exact) mass is 296 g/mol. The number of aliphatic carboxylic acids is 1. The van der Waals surface area contributed by atoms with E-state index in [9.17, 15) is 27.6 Å². The van der Waals surface area contributed by atoms with E-state index in [1.807, 2.05) is 0 Å². The van der Waals surface area contributed by atoms with Crippen LogP contribution in [0.15, 0.2) is 0 Å². The zero-order valence-electron chi connectivity index (χ0n) is 10.8. The van der Waals surface area contributed by atoms with Gasteiger partial charge in [-0.1, -0.05) is 6.42 Å². The van der Waals surface area contributed by atoms with Crippen LogP contribution in [0.2, 0.25) is 0 Å². The molecule has 0 aromatic carbocycles. The molecule has 6 nitrogen and oxygen atoms in total. The quantitative estimate of drug-likeness (QED) is 0.574. The Kier molecular flexibility index (Phi) is 4.61. The van der Waals surface area contributed by atoms with Crippen LogP contribution in [0.1, 0.15) is 32.6 Å². The summed E-state index contributed by atoms with van der Waals surface area (Å²) in [7, 11) is 0. The molecule has 0 bridgehead atoms. The number of carboxylic acid groups (broad SMARTS) is 1. The first-order valence-electron chi connectivity index (χ1n) is 6.02. The molecule has 1 fully saturated rings. The second kappa shape index (κ2) is 5.68. The van der Waals surface area contributed by atoms with E-state index in [2.05, 4.69) is 0 Å². The van der Waals surface area contributed by atoms with Crippen LogP contribution in [0.25, 0.3) is 0 Å². The van der Waals surface area contributed by atoms with Gasteiger partial charge in [0.1, 0.15) is 0 Å². The normalized spacial score (nSPS) is 23.1. The summed E-state index contributed by atoms with van der Waals surface area (Å²) < 4.78 is 38.2. The van der Waals surface area contributed by atoms with Gasteiger partial charge in [0.2, 0.25) is 5.54 Å². The van der Waals surface area contributed by atoms with E-state index in [-0.39, 0.29) is 19.4 Å². The van der Waals surface area contributed by atoms with Gasteiger partial charge in [-0.15, -0.1) is 0 Å². The molecule has 0 radical (unpaired) electrons. The zero-order chi connectivity index (χ0) is 15.6. The summed E-state index contributed by atoms with van der Waals surface area (Å²) in [5.74, 6) is -2.29. The highest BCUT2D eigenvalue weighted by molar-refractivity contribution is 6.07. The lowest BCUT2D eigenvalue weighted by Gasteiger charge is -2.24. The predicted molar refractivity (Wildman–Crippen MR) is 60.8 cm³/mol. The third-order valence-corrected chi connectivity index (χ3v) is 3.11. The fraction of sp³-hybridized carbons (Fsp3) is 0.727. The number of carboxylic acids is 1. The minimum atomic E-state index is -4.86. The molecule has 2 N–H and O–H groups in total. The number of rotatable bonds is 6. The second-order valence-corrected chi connectivity index (χ2v) is 4.71. The molecule has 9 heteroatoms. The van der Waals surface area contributed by atoms with E-state index >= 15 is 0 Å². The van der Waals surface area contributed by atoms with Gasteiger partial charge >= 0.3 is 18.2 Å². The molecular formula is C11H15F3N2O4. The van der Waals surface area contributed by atoms with Crippen LogP contribution in [0, 0.1) is 0 Å². The van der Waals surface area contributed by atoms with Crippen molar-refractivity contribution in [2.75, 3.05) is 6.54 Å². The number of hydrogen-bond acceptors (Lipinski definition) is 3. The van der Waals surface area contributed by atoms with E-state index < -0.39 is 29.6 Å². The fourth-order valence-electron chi connectivity index (χ4n) is 1.82. The van der Waals surface area contributed by atoms with Crippen LogP contribution in [-0.4, -0.2) is 46.2 Å². The SMILES string of the molecule is CC1(C(F)(F)F)NC(=O)N(CCCCCC(=O)O)C1=O. The Morgan fingerprint density at radius 3 is 2.35 bits per heavy atom. The largest absolute Gasteiger partial charge is 0.481 e. The van der Waals surface area contributed by atoms with Crippen LogP contribution in [0.5, 0.6) is 0 Å². The summed E-state index contributed by atoms with van der Waals surface area (Å²) in [4.78, 5) is 33.9. The van der Waals surface area contributed by atoms with Crippen molar-refractivity contribution in [2.24, 2.45) is 0 Å². The predicted octanol–water partition coefficient (Wildman–Crippen LogP) is 1.50. The number of carbonyl (C=O) groups is 3. The lowest BCUT2D eigenvalue weighted by atomic mass is 10.0. The first kappa shape index (κ1) is 16.3. The van der Waals surface area contributed by atoms with Gasteiger partial charge in [0, 0.05) is 13.0 Å². The number of unbranched alkanes of at least 4 members (excludes halogenated alkanes) is 2. The number of amides is 3. The lowest BCUT2D eigenvalue weighted by Crippen LogP contribution is -2.56. The summed E-state index contributed by atoms with van der Waals surface area (Å²) in [6, 6.07) is -1.08. The maximum absolute atomic E-state index is 12.7. The molecule has 0 aromatic rings. The van der Waals surface area contributed by atoms with Crippen LogP contribution in [-0.2, 0) is 9.59 Å². The number of hydrogen-bond donors (Lipinski definition) is 2. The standard InChI is InChI=1S/C11H15F3N2O4/c1-10(11(12,13)14)8(19)16(9(20)15-10)6-4-2-3-5-7(17)18/h2-6H2,1H3,(H,15,20)(H,17,18). The van der Waals surface area contributed by atoms with E-state index in [1.165, 1.54) is 0 Å². The average molecular weight is 296 g/mol. The van der Waals surface area contributed by atoms with Gasteiger partial charge in [-0.3, -0.25) is 14.5 Å². The van der Waals surface area contributed by atoms with Crippen LogP contribution < -0.4 is 5.32 Å². The van der Waals surface area contributed by atoms with Crippen molar-refractivity contribution >= 4 is 17.9 Å².